The van der Waals surface area contributed by atoms with Gasteiger partial charge in [-0.15, -0.1) is 0 Å². The van der Waals surface area contributed by atoms with Gasteiger partial charge in [0.15, 0.2) is 0 Å². The number of imide groups is 1. The summed E-state index contributed by atoms with van der Waals surface area (Å²) in [5.74, 6) is 0.154. The number of nitrogens with one attached hydrogen (secondary N) is 1. The number of carbonyl (C=O) groups is 2. The van der Waals surface area contributed by atoms with Crippen molar-refractivity contribution in [2.24, 2.45) is 11.3 Å². The molecule has 0 aromatic heterocycles. The number of rotatable bonds is 5. The van der Waals surface area contributed by atoms with Crippen LogP contribution in [-0.4, -0.2) is 35.8 Å². The Bertz CT molecular complexity index is 313. The van der Waals surface area contributed by atoms with Gasteiger partial charge in [-0.25, -0.2) is 0 Å². The highest BCUT2D eigenvalue weighted by Crippen LogP contribution is 2.38. The molecule has 1 atom stereocenters. The average molecular weight is 240 g/mol. The van der Waals surface area contributed by atoms with Gasteiger partial charge in [-0.05, 0) is 12.8 Å². The van der Waals surface area contributed by atoms with Crippen LogP contribution in [0.15, 0.2) is 0 Å². The minimum atomic E-state index is -0.505. The second-order valence-corrected chi connectivity index (χ2v) is 5.71. The van der Waals surface area contributed by atoms with E-state index in [2.05, 4.69) is 5.32 Å². The van der Waals surface area contributed by atoms with Crippen LogP contribution in [0.2, 0.25) is 0 Å². The maximum absolute atomic E-state index is 12.2. The molecule has 17 heavy (non-hydrogen) atoms. The minimum absolute atomic E-state index is 0.0111. The van der Waals surface area contributed by atoms with Crippen molar-refractivity contribution in [3.8, 4) is 0 Å². The topological polar surface area (TPSA) is 49.4 Å². The van der Waals surface area contributed by atoms with Crippen molar-refractivity contribution in [2.45, 2.75) is 47.1 Å². The standard InChI is InChI=1S/C13H24N2O2/c1-9(2)13(5)8-11(16)15(12(13)17)7-6-14-10(3)4/h9-10,14H,6-8H2,1-5H3. The number of nitrogens with zero attached hydrogens (tertiary/aromatic N) is 1. The zero-order chi connectivity index (χ0) is 13.2. The van der Waals surface area contributed by atoms with Crippen LogP contribution in [0.5, 0.6) is 0 Å². The van der Waals surface area contributed by atoms with E-state index in [9.17, 15) is 9.59 Å². The summed E-state index contributed by atoms with van der Waals surface area (Å²) in [5, 5.41) is 3.22. The second kappa shape index (κ2) is 5.17. The second-order valence-electron chi connectivity index (χ2n) is 5.71. The monoisotopic (exact) mass is 240 g/mol. The Balaban J connectivity index is 2.63. The van der Waals surface area contributed by atoms with Gasteiger partial charge in [0.05, 0.1) is 5.41 Å². The number of hydrogen-bond acceptors (Lipinski definition) is 3. The first kappa shape index (κ1) is 14.2. The lowest BCUT2D eigenvalue weighted by Crippen LogP contribution is -2.41. The van der Waals surface area contributed by atoms with Crippen molar-refractivity contribution >= 4 is 11.8 Å². The molecule has 4 heteroatoms. The number of amides is 2. The Hall–Kier alpha value is -0.900. The fourth-order valence-corrected chi connectivity index (χ4v) is 2.05. The van der Waals surface area contributed by atoms with E-state index in [1.165, 1.54) is 4.90 Å². The Morgan fingerprint density at radius 2 is 1.88 bits per heavy atom. The van der Waals surface area contributed by atoms with Crippen molar-refractivity contribution in [2.75, 3.05) is 13.1 Å². The van der Waals surface area contributed by atoms with Crippen molar-refractivity contribution in [1.82, 2.24) is 10.2 Å². The van der Waals surface area contributed by atoms with E-state index in [1.54, 1.807) is 0 Å². The van der Waals surface area contributed by atoms with Crippen LogP contribution < -0.4 is 5.32 Å². The third kappa shape index (κ3) is 2.86. The summed E-state index contributed by atoms with van der Waals surface area (Å²) in [5.41, 5.74) is -0.505. The van der Waals surface area contributed by atoms with Crippen molar-refractivity contribution in [1.29, 1.82) is 0 Å². The summed E-state index contributed by atoms with van der Waals surface area (Å²) in [6, 6.07) is 0.374. The lowest BCUT2D eigenvalue weighted by atomic mass is 9.78. The third-order valence-electron chi connectivity index (χ3n) is 3.72. The Kier molecular flexibility index (Phi) is 4.31. The first-order chi connectivity index (χ1) is 7.79. The predicted molar refractivity (Wildman–Crippen MR) is 67.4 cm³/mol. The van der Waals surface area contributed by atoms with E-state index in [1.807, 2.05) is 34.6 Å². The fourth-order valence-electron chi connectivity index (χ4n) is 2.05. The van der Waals surface area contributed by atoms with Gasteiger partial charge < -0.3 is 5.32 Å². The largest absolute Gasteiger partial charge is 0.313 e. The van der Waals surface area contributed by atoms with Gasteiger partial charge in [0, 0.05) is 25.6 Å². The van der Waals surface area contributed by atoms with Crippen LogP contribution in [0, 0.1) is 11.3 Å². The smallest absolute Gasteiger partial charge is 0.235 e. The van der Waals surface area contributed by atoms with Crippen molar-refractivity contribution < 1.29 is 9.59 Å². The molecule has 98 valence electrons. The van der Waals surface area contributed by atoms with Crippen LogP contribution >= 0.6 is 0 Å². The molecule has 2 amide bonds. The number of carbonyl (C=O) groups excluding carboxylic acids is 2. The quantitative estimate of drug-likeness (QED) is 0.739. The molecule has 1 N–H and O–H groups in total. The van der Waals surface area contributed by atoms with Gasteiger partial charge in [-0.1, -0.05) is 27.7 Å². The molecule has 1 saturated heterocycles. The highest BCUT2D eigenvalue weighted by molar-refractivity contribution is 6.05. The highest BCUT2D eigenvalue weighted by Gasteiger charge is 2.49. The predicted octanol–water partition coefficient (Wildman–Crippen LogP) is 1.41. The Labute approximate surface area is 104 Å². The molecular formula is C13H24N2O2. The van der Waals surface area contributed by atoms with Crippen LogP contribution in [0.25, 0.3) is 0 Å². The molecule has 1 heterocycles. The minimum Gasteiger partial charge on any atom is -0.313 e. The SMILES string of the molecule is CC(C)NCCN1C(=O)CC(C)(C(C)C)C1=O. The molecule has 4 nitrogen and oxygen atoms in total. The fraction of sp³-hybridized carbons (Fsp3) is 0.846. The van der Waals surface area contributed by atoms with E-state index in [-0.39, 0.29) is 17.7 Å². The Morgan fingerprint density at radius 3 is 2.29 bits per heavy atom. The maximum atomic E-state index is 12.2. The van der Waals surface area contributed by atoms with Gasteiger partial charge in [0.2, 0.25) is 11.8 Å². The summed E-state index contributed by atoms with van der Waals surface area (Å²) in [7, 11) is 0. The Morgan fingerprint density at radius 1 is 1.29 bits per heavy atom. The van der Waals surface area contributed by atoms with Gasteiger partial charge in [0.1, 0.15) is 0 Å². The number of likely N-dealkylation sites (tertiary alicyclic amines) is 1. The average Bonchev–Trinajstić information content (AvgIpc) is 2.42. The van der Waals surface area contributed by atoms with Gasteiger partial charge in [0.25, 0.3) is 0 Å². The molecular weight excluding hydrogens is 216 g/mol. The maximum Gasteiger partial charge on any atom is 0.235 e. The van der Waals surface area contributed by atoms with E-state index in [0.29, 0.717) is 25.6 Å². The molecule has 0 saturated carbocycles. The summed E-state index contributed by atoms with van der Waals surface area (Å²) in [6.45, 7) is 11.1. The first-order valence-corrected chi connectivity index (χ1v) is 6.37. The lowest BCUT2D eigenvalue weighted by Gasteiger charge is -2.26. The molecule has 1 fully saturated rings. The number of hydrogen-bond donors (Lipinski definition) is 1. The molecule has 0 aromatic carbocycles. The summed E-state index contributed by atoms with van der Waals surface area (Å²) < 4.78 is 0. The molecule has 0 spiro atoms. The van der Waals surface area contributed by atoms with E-state index < -0.39 is 5.41 Å². The van der Waals surface area contributed by atoms with Gasteiger partial charge >= 0.3 is 0 Å². The highest BCUT2D eigenvalue weighted by atomic mass is 16.2. The molecule has 0 bridgehead atoms. The van der Waals surface area contributed by atoms with Crippen molar-refractivity contribution in [3.05, 3.63) is 0 Å². The molecule has 0 aromatic rings. The van der Waals surface area contributed by atoms with Crippen LogP contribution in [-0.2, 0) is 9.59 Å². The van der Waals surface area contributed by atoms with Crippen molar-refractivity contribution in [3.63, 3.8) is 0 Å². The zero-order valence-electron chi connectivity index (χ0n) is 11.5. The zero-order valence-corrected chi connectivity index (χ0v) is 11.5. The summed E-state index contributed by atoms with van der Waals surface area (Å²) in [4.78, 5) is 25.5. The van der Waals surface area contributed by atoms with E-state index >= 15 is 0 Å². The normalized spacial score (nSPS) is 25.5. The van der Waals surface area contributed by atoms with Gasteiger partial charge in [-0.2, -0.15) is 0 Å². The van der Waals surface area contributed by atoms with Gasteiger partial charge in [-0.3, -0.25) is 14.5 Å². The molecule has 0 radical (unpaired) electrons. The van der Waals surface area contributed by atoms with E-state index in [0.717, 1.165) is 0 Å². The summed E-state index contributed by atoms with van der Waals surface area (Å²) in [6.07, 6.45) is 0.352. The molecule has 1 unspecified atom stereocenters. The molecule has 1 aliphatic heterocycles. The molecule has 0 aliphatic carbocycles. The summed E-state index contributed by atoms with van der Waals surface area (Å²) >= 11 is 0. The molecule has 1 rings (SSSR count). The van der Waals surface area contributed by atoms with E-state index in [4.69, 9.17) is 0 Å². The van der Waals surface area contributed by atoms with Crippen LogP contribution in [0.4, 0.5) is 0 Å². The lowest BCUT2D eigenvalue weighted by molar-refractivity contribution is -0.141. The van der Waals surface area contributed by atoms with Crippen LogP contribution in [0.1, 0.15) is 41.0 Å². The third-order valence-corrected chi connectivity index (χ3v) is 3.72. The first-order valence-electron chi connectivity index (χ1n) is 6.37. The molecule has 1 aliphatic rings. The van der Waals surface area contributed by atoms with Crippen LogP contribution in [0.3, 0.4) is 0 Å².